The predicted molar refractivity (Wildman–Crippen MR) is 193 cm³/mol. The van der Waals surface area contributed by atoms with E-state index in [1.807, 2.05) is 11.0 Å². The number of carboxylic acid groups (broad SMARTS) is 1. The monoisotopic (exact) mass is 674 g/mol. The number of ether oxygens (including phenoxy) is 3. The van der Waals surface area contributed by atoms with Crippen LogP contribution in [-0.4, -0.2) is 65.2 Å². The molecule has 50 heavy (non-hydrogen) atoms. The van der Waals surface area contributed by atoms with Crippen LogP contribution in [0.3, 0.4) is 0 Å². The van der Waals surface area contributed by atoms with Crippen LogP contribution in [0.2, 0.25) is 0 Å². The standard InChI is InChI=1S/C41H46N4O5/c1-28-33(9-6-10-34(28)35-11-7-12-38(29(35)2)48-18-8-16-44-14-4-5-15-44)27-50-39-20-40(49-26-32-19-31(21-42)22-43-23-32)37-24-45(25-41(46)47)17-13-36(37)30(39)3/h6-7,9-12,19-20,22-23H,4-5,8,13-18,24-27H2,1-3H3,(H,46,47). The number of aromatic nitrogens is 1. The quantitative estimate of drug-likeness (QED) is 0.141. The molecular formula is C41H46N4O5. The molecule has 0 amide bonds. The molecule has 0 aliphatic carbocycles. The van der Waals surface area contributed by atoms with Crippen molar-refractivity contribution in [2.45, 2.75) is 66.2 Å². The second-order valence-electron chi connectivity index (χ2n) is 13.3. The van der Waals surface area contributed by atoms with Gasteiger partial charge in [-0.25, -0.2) is 0 Å². The fourth-order valence-corrected chi connectivity index (χ4v) is 7.14. The van der Waals surface area contributed by atoms with Gasteiger partial charge in [-0.2, -0.15) is 5.26 Å². The SMILES string of the molecule is Cc1c(COc2cc(OCc3cncc(C#N)c3)c3c(c2C)CCN(CC(=O)O)C3)cccc1-c1cccc(OCCCN2CCCC2)c1C. The third kappa shape index (κ3) is 8.27. The molecule has 9 nitrogen and oxygen atoms in total. The summed E-state index contributed by atoms with van der Waals surface area (Å²) in [6.45, 7) is 12.2. The molecule has 0 radical (unpaired) electrons. The average molecular weight is 675 g/mol. The Morgan fingerprint density at radius 1 is 0.840 bits per heavy atom. The van der Waals surface area contributed by atoms with Gasteiger partial charge in [-0.3, -0.25) is 14.7 Å². The summed E-state index contributed by atoms with van der Waals surface area (Å²) < 4.78 is 19.2. The Bertz CT molecular complexity index is 1880. The zero-order chi connectivity index (χ0) is 35.0. The van der Waals surface area contributed by atoms with Crippen molar-refractivity contribution in [3.8, 4) is 34.4 Å². The molecular weight excluding hydrogens is 628 g/mol. The molecule has 0 bridgehead atoms. The number of likely N-dealkylation sites (tertiary alicyclic amines) is 1. The van der Waals surface area contributed by atoms with Crippen LogP contribution in [0.1, 0.15) is 63.8 Å². The summed E-state index contributed by atoms with van der Waals surface area (Å²) in [7, 11) is 0. The molecule has 0 atom stereocenters. The second kappa shape index (κ2) is 16.2. The van der Waals surface area contributed by atoms with Crippen molar-refractivity contribution in [3.63, 3.8) is 0 Å². The smallest absolute Gasteiger partial charge is 0.317 e. The number of aliphatic carboxylic acids is 1. The van der Waals surface area contributed by atoms with E-state index in [1.165, 1.54) is 32.1 Å². The summed E-state index contributed by atoms with van der Waals surface area (Å²) in [5.41, 5.74) is 10.1. The van der Waals surface area contributed by atoms with Crippen LogP contribution in [0.15, 0.2) is 60.9 Å². The summed E-state index contributed by atoms with van der Waals surface area (Å²) in [5.74, 6) is 1.46. The summed E-state index contributed by atoms with van der Waals surface area (Å²) >= 11 is 0. The zero-order valence-corrected chi connectivity index (χ0v) is 29.3. The first-order chi connectivity index (χ1) is 24.3. The highest BCUT2D eigenvalue weighted by Gasteiger charge is 2.26. The van der Waals surface area contributed by atoms with Crippen molar-refractivity contribution < 1.29 is 24.1 Å². The largest absolute Gasteiger partial charge is 0.493 e. The second-order valence-corrected chi connectivity index (χ2v) is 13.3. The topological polar surface area (TPSA) is 108 Å². The average Bonchev–Trinajstić information content (AvgIpc) is 3.64. The third-order valence-corrected chi connectivity index (χ3v) is 9.96. The molecule has 3 heterocycles. The van der Waals surface area contributed by atoms with Gasteiger partial charge in [-0.15, -0.1) is 0 Å². The van der Waals surface area contributed by atoms with Gasteiger partial charge in [-0.05, 0) is 111 Å². The van der Waals surface area contributed by atoms with Crippen molar-refractivity contribution in [1.29, 1.82) is 5.26 Å². The van der Waals surface area contributed by atoms with Crippen molar-refractivity contribution in [2.24, 2.45) is 0 Å². The Balaban J connectivity index is 1.20. The van der Waals surface area contributed by atoms with Gasteiger partial charge >= 0.3 is 5.97 Å². The van der Waals surface area contributed by atoms with E-state index >= 15 is 0 Å². The van der Waals surface area contributed by atoms with Gasteiger partial charge in [0.25, 0.3) is 0 Å². The van der Waals surface area contributed by atoms with Crippen molar-refractivity contribution in [2.75, 3.05) is 39.3 Å². The van der Waals surface area contributed by atoms with E-state index in [9.17, 15) is 15.2 Å². The van der Waals surface area contributed by atoms with Crippen molar-refractivity contribution in [3.05, 3.63) is 105 Å². The van der Waals surface area contributed by atoms with Crippen molar-refractivity contribution >= 4 is 5.97 Å². The summed E-state index contributed by atoms with van der Waals surface area (Å²) in [5, 5.41) is 18.8. The lowest BCUT2D eigenvalue weighted by Crippen LogP contribution is -2.35. The molecule has 1 fully saturated rings. The lowest BCUT2D eigenvalue weighted by Gasteiger charge is -2.31. The minimum Gasteiger partial charge on any atom is -0.493 e. The molecule has 1 N–H and O–H groups in total. The first-order valence-electron chi connectivity index (χ1n) is 17.5. The molecule has 1 aromatic heterocycles. The normalized spacial score (nSPS) is 14.6. The number of nitrogens with zero attached hydrogens (tertiary/aromatic N) is 4. The predicted octanol–water partition coefficient (Wildman–Crippen LogP) is 7.01. The van der Waals surface area contributed by atoms with Gasteiger partial charge in [0.2, 0.25) is 0 Å². The van der Waals surface area contributed by atoms with E-state index in [0.717, 1.165) is 74.5 Å². The highest BCUT2D eigenvalue weighted by molar-refractivity contribution is 5.73. The molecule has 9 heteroatoms. The Kier molecular flexibility index (Phi) is 11.3. The minimum absolute atomic E-state index is 0.0345. The number of benzene rings is 3. The van der Waals surface area contributed by atoms with Crippen LogP contribution in [0.4, 0.5) is 0 Å². The number of rotatable bonds is 14. The van der Waals surface area contributed by atoms with Gasteiger partial charge in [0.1, 0.15) is 36.5 Å². The lowest BCUT2D eigenvalue weighted by molar-refractivity contribution is -0.138. The van der Waals surface area contributed by atoms with E-state index in [-0.39, 0.29) is 13.2 Å². The number of hydrogen-bond acceptors (Lipinski definition) is 8. The molecule has 1 saturated heterocycles. The summed E-state index contributed by atoms with van der Waals surface area (Å²) in [6, 6.07) is 18.5. The number of carbonyl (C=O) groups is 1. The fourth-order valence-electron chi connectivity index (χ4n) is 7.14. The highest BCUT2D eigenvalue weighted by atomic mass is 16.5. The van der Waals surface area contributed by atoms with Crippen LogP contribution in [0.25, 0.3) is 11.1 Å². The Morgan fingerprint density at radius 2 is 1.60 bits per heavy atom. The van der Waals surface area contributed by atoms with Gasteiger partial charge < -0.3 is 24.2 Å². The van der Waals surface area contributed by atoms with Crippen LogP contribution in [-0.2, 0) is 31.0 Å². The Morgan fingerprint density at radius 3 is 2.38 bits per heavy atom. The van der Waals surface area contributed by atoms with Crippen LogP contribution in [0, 0.1) is 32.1 Å². The number of pyridine rings is 1. The molecule has 6 rings (SSSR count). The maximum absolute atomic E-state index is 11.5. The zero-order valence-electron chi connectivity index (χ0n) is 29.3. The van der Waals surface area contributed by atoms with Gasteiger partial charge in [0.15, 0.2) is 0 Å². The molecule has 260 valence electrons. The van der Waals surface area contributed by atoms with E-state index in [4.69, 9.17) is 14.2 Å². The van der Waals surface area contributed by atoms with E-state index in [0.29, 0.717) is 44.0 Å². The number of nitriles is 1. The first kappa shape index (κ1) is 34.9. The molecule has 0 unspecified atom stereocenters. The molecule has 0 spiro atoms. The minimum atomic E-state index is -0.855. The molecule has 0 saturated carbocycles. The summed E-state index contributed by atoms with van der Waals surface area (Å²) in [4.78, 5) is 20.1. The fraction of sp³-hybridized carbons (Fsp3) is 0.390. The molecule has 2 aliphatic heterocycles. The van der Waals surface area contributed by atoms with Crippen LogP contribution >= 0.6 is 0 Å². The van der Waals surface area contributed by atoms with Gasteiger partial charge in [0.05, 0.1) is 18.7 Å². The maximum atomic E-state index is 11.5. The van der Waals surface area contributed by atoms with Crippen LogP contribution in [0.5, 0.6) is 17.2 Å². The van der Waals surface area contributed by atoms with Gasteiger partial charge in [-0.1, -0.05) is 30.3 Å². The molecule has 2 aliphatic rings. The lowest BCUT2D eigenvalue weighted by atomic mass is 9.93. The van der Waals surface area contributed by atoms with Crippen LogP contribution < -0.4 is 14.2 Å². The number of fused-ring (bicyclic) bond motifs is 1. The van der Waals surface area contributed by atoms with E-state index in [1.54, 1.807) is 12.3 Å². The third-order valence-electron chi connectivity index (χ3n) is 9.96. The van der Waals surface area contributed by atoms with E-state index < -0.39 is 5.97 Å². The molecule has 3 aromatic carbocycles. The Labute approximate surface area is 295 Å². The first-order valence-corrected chi connectivity index (χ1v) is 17.5. The highest BCUT2D eigenvalue weighted by Crippen LogP contribution is 2.38. The summed E-state index contributed by atoms with van der Waals surface area (Å²) in [6.07, 6.45) is 7.54. The van der Waals surface area contributed by atoms with Crippen molar-refractivity contribution in [1.82, 2.24) is 14.8 Å². The Hall–Kier alpha value is -4.91. The maximum Gasteiger partial charge on any atom is 0.317 e. The van der Waals surface area contributed by atoms with E-state index in [2.05, 4.69) is 73.1 Å². The van der Waals surface area contributed by atoms with Gasteiger partial charge in [0, 0.05) is 49.2 Å². The number of carboxylic acids is 1. The molecule has 4 aromatic rings. The number of hydrogen-bond donors (Lipinski definition) is 1.